The van der Waals surface area contributed by atoms with Gasteiger partial charge in [-0.15, -0.1) is 0 Å². The second-order valence-electron chi connectivity index (χ2n) is 7.26. The second kappa shape index (κ2) is 9.04. The van der Waals surface area contributed by atoms with Crippen molar-refractivity contribution in [3.05, 3.63) is 71.5 Å². The maximum atomic E-state index is 12.9. The molecule has 1 aliphatic rings. The van der Waals surface area contributed by atoms with Gasteiger partial charge in [0.15, 0.2) is 0 Å². The van der Waals surface area contributed by atoms with Crippen molar-refractivity contribution in [3.8, 4) is 11.1 Å². The minimum atomic E-state index is -4.46. The van der Waals surface area contributed by atoms with Crippen LogP contribution in [0.1, 0.15) is 5.56 Å². The first-order chi connectivity index (χ1) is 15.3. The SMILES string of the molecule is O=C(Nc1cccc(C(F)(F)F)c1)N1CCN(c2ncc(-c3ccc(Cl)cc3)cn2)CC1. The number of hydrogen-bond donors (Lipinski definition) is 1. The first kappa shape index (κ1) is 21.9. The van der Waals surface area contributed by atoms with Crippen molar-refractivity contribution in [1.82, 2.24) is 14.9 Å². The monoisotopic (exact) mass is 461 g/mol. The van der Waals surface area contributed by atoms with Crippen molar-refractivity contribution in [1.29, 1.82) is 0 Å². The van der Waals surface area contributed by atoms with Gasteiger partial charge >= 0.3 is 12.2 Å². The Bertz CT molecular complexity index is 1080. The fourth-order valence-corrected chi connectivity index (χ4v) is 3.49. The number of anilines is 2. The van der Waals surface area contributed by atoms with E-state index in [0.29, 0.717) is 37.1 Å². The third-order valence-corrected chi connectivity index (χ3v) is 5.36. The molecule has 0 unspecified atom stereocenters. The maximum Gasteiger partial charge on any atom is 0.416 e. The van der Waals surface area contributed by atoms with E-state index in [0.717, 1.165) is 23.3 Å². The number of aromatic nitrogens is 2. The molecular formula is C22H19ClF3N5O. The molecule has 1 fully saturated rings. The van der Waals surface area contributed by atoms with E-state index in [1.54, 1.807) is 29.4 Å². The summed E-state index contributed by atoms with van der Waals surface area (Å²) in [4.78, 5) is 24.8. The molecule has 1 saturated heterocycles. The first-order valence-electron chi connectivity index (χ1n) is 9.86. The Morgan fingerprint density at radius 3 is 2.22 bits per heavy atom. The quantitative estimate of drug-likeness (QED) is 0.584. The summed E-state index contributed by atoms with van der Waals surface area (Å²) in [6.07, 6.45) is -0.994. The summed E-state index contributed by atoms with van der Waals surface area (Å²) in [5.74, 6) is 0.556. The molecule has 1 aromatic heterocycles. The smallest absolute Gasteiger partial charge is 0.337 e. The van der Waals surface area contributed by atoms with Crippen LogP contribution >= 0.6 is 11.6 Å². The van der Waals surface area contributed by atoms with Gasteiger partial charge in [0.1, 0.15) is 0 Å². The Labute approximate surface area is 187 Å². The van der Waals surface area contributed by atoms with Gasteiger partial charge in [-0.25, -0.2) is 14.8 Å². The maximum absolute atomic E-state index is 12.9. The molecule has 6 nitrogen and oxygen atoms in total. The molecule has 2 aromatic carbocycles. The Hall–Kier alpha value is -3.33. The molecule has 0 radical (unpaired) electrons. The van der Waals surface area contributed by atoms with Crippen molar-refractivity contribution in [3.63, 3.8) is 0 Å². The third kappa shape index (κ3) is 5.11. The highest BCUT2D eigenvalue weighted by Gasteiger charge is 2.30. The van der Waals surface area contributed by atoms with Gasteiger partial charge < -0.3 is 15.1 Å². The number of urea groups is 1. The molecule has 10 heteroatoms. The summed E-state index contributed by atoms with van der Waals surface area (Å²) in [6, 6.07) is 11.5. The minimum absolute atomic E-state index is 0.105. The molecule has 1 aliphatic heterocycles. The molecule has 0 spiro atoms. The van der Waals surface area contributed by atoms with E-state index >= 15 is 0 Å². The zero-order valence-corrected chi connectivity index (χ0v) is 17.6. The van der Waals surface area contributed by atoms with Gasteiger partial charge in [0, 0.05) is 54.8 Å². The highest BCUT2D eigenvalue weighted by molar-refractivity contribution is 6.30. The normalized spacial score (nSPS) is 14.4. The van der Waals surface area contributed by atoms with Crippen LogP contribution in [0.3, 0.4) is 0 Å². The van der Waals surface area contributed by atoms with Crippen LogP contribution in [0.25, 0.3) is 11.1 Å². The zero-order valence-electron chi connectivity index (χ0n) is 16.8. The fourth-order valence-electron chi connectivity index (χ4n) is 3.36. The molecule has 3 aromatic rings. The van der Waals surface area contributed by atoms with Crippen molar-refractivity contribution in [2.75, 3.05) is 36.4 Å². The van der Waals surface area contributed by atoms with Crippen LogP contribution in [0.15, 0.2) is 60.9 Å². The number of carbonyl (C=O) groups is 1. The minimum Gasteiger partial charge on any atom is -0.337 e. The standard InChI is InChI=1S/C22H19ClF3N5O/c23-18-6-4-15(5-7-18)16-13-27-20(28-14-16)30-8-10-31(11-9-30)21(32)29-19-3-1-2-17(12-19)22(24,25)26/h1-7,12-14H,8-11H2,(H,29,32). The highest BCUT2D eigenvalue weighted by Crippen LogP contribution is 2.30. The van der Waals surface area contributed by atoms with E-state index in [9.17, 15) is 18.0 Å². The molecule has 2 amide bonds. The summed E-state index contributed by atoms with van der Waals surface area (Å²) in [6.45, 7) is 1.81. The summed E-state index contributed by atoms with van der Waals surface area (Å²) in [5, 5.41) is 3.19. The van der Waals surface area contributed by atoms with Crippen LogP contribution in [-0.4, -0.2) is 47.1 Å². The van der Waals surface area contributed by atoms with Gasteiger partial charge in [0.2, 0.25) is 5.95 Å². The topological polar surface area (TPSA) is 61.4 Å². The molecule has 32 heavy (non-hydrogen) atoms. The lowest BCUT2D eigenvalue weighted by Crippen LogP contribution is -2.50. The van der Waals surface area contributed by atoms with Crippen molar-refractivity contribution >= 4 is 29.3 Å². The summed E-state index contributed by atoms with van der Waals surface area (Å²) in [7, 11) is 0. The Morgan fingerprint density at radius 2 is 1.59 bits per heavy atom. The van der Waals surface area contributed by atoms with E-state index in [2.05, 4.69) is 15.3 Å². The Morgan fingerprint density at radius 1 is 0.938 bits per heavy atom. The number of piperazine rings is 1. The lowest BCUT2D eigenvalue weighted by atomic mass is 10.1. The van der Waals surface area contributed by atoms with Crippen LogP contribution in [0.4, 0.5) is 29.6 Å². The molecular weight excluding hydrogens is 443 g/mol. The number of benzene rings is 2. The molecule has 0 saturated carbocycles. The number of alkyl halides is 3. The molecule has 2 heterocycles. The predicted octanol–water partition coefficient (Wildman–Crippen LogP) is 5.17. The molecule has 0 aliphatic carbocycles. The molecule has 0 bridgehead atoms. The van der Waals surface area contributed by atoms with Crippen molar-refractivity contribution in [2.45, 2.75) is 6.18 Å². The summed E-state index contributed by atoms with van der Waals surface area (Å²) >= 11 is 5.91. The van der Waals surface area contributed by atoms with Gasteiger partial charge in [0.05, 0.1) is 5.56 Å². The zero-order chi connectivity index (χ0) is 22.7. The van der Waals surface area contributed by atoms with E-state index in [4.69, 9.17) is 11.6 Å². The van der Waals surface area contributed by atoms with E-state index < -0.39 is 17.8 Å². The van der Waals surface area contributed by atoms with Crippen LogP contribution in [-0.2, 0) is 6.18 Å². The molecule has 4 rings (SSSR count). The largest absolute Gasteiger partial charge is 0.416 e. The number of nitrogens with one attached hydrogen (secondary N) is 1. The number of halogens is 4. The summed E-state index contributed by atoms with van der Waals surface area (Å²) in [5.41, 5.74) is 1.12. The Balaban J connectivity index is 1.34. The second-order valence-corrected chi connectivity index (χ2v) is 7.70. The number of hydrogen-bond acceptors (Lipinski definition) is 4. The third-order valence-electron chi connectivity index (χ3n) is 5.11. The summed E-state index contributed by atoms with van der Waals surface area (Å²) < 4.78 is 38.6. The van der Waals surface area contributed by atoms with Gasteiger partial charge in [0.25, 0.3) is 0 Å². The Kier molecular flexibility index (Phi) is 6.18. The average molecular weight is 462 g/mol. The van der Waals surface area contributed by atoms with Gasteiger partial charge in [-0.1, -0.05) is 29.8 Å². The van der Waals surface area contributed by atoms with Crippen LogP contribution in [0, 0.1) is 0 Å². The highest BCUT2D eigenvalue weighted by atomic mass is 35.5. The number of amides is 2. The lowest BCUT2D eigenvalue weighted by molar-refractivity contribution is -0.137. The van der Waals surface area contributed by atoms with Gasteiger partial charge in [-0.3, -0.25) is 0 Å². The van der Waals surface area contributed by atoms with Crippen LogP contribution in [0.2, 0.25) is 5.02 Å². The van der Waals surface area contributed by atoms with E-state index in [1.165, 1.54) is 12.1 Å². The number of nitrogens with zero attached hydrogens (tertiary/aromatic N) is 4. The lowest BCUT2D eigenvalue weighted by Gasteiger charge is -2.34. The fraction of sp³-hybridized carbons (Fsp3) is 0.227. The number of carbonyl (C=O) groups excluding carboxylic acids is 1. The molecule has 166 valence electrons. The van der Waals surface area contributed by atoms with Crippen LogP contribution < -0.4 is 10.2 Å². The number of rotatable bonds is 3. The van der Waals surface area contributed by atoms with Crippen molar-refractivity contribution in [2.24, 2.45) is 0 Å². The van der Waals surface area contributed by atoms with Gasteiger partial charge in [-0.2, -0.15) is 13.2 Å². The van der Waals surface area contributed by atoms with E-state index in [1.807, 2.05) is 17.0 Å². The molecule has 1 N–H and O–H groups in total. The van der Waals surface area contributed by atoms with E-state index in [-0.39, 0.29) is 5.69 Å². The van der Waals surface area contributed by atoms with Crippen LogP contribution in [0.5, 0.6) is 0 Å². The predicted molar refractivity (Wildman–Crippen MR) is 117 cm³/mol. The molecule has 0 atom stereocenters. The van der Waals surface area contributed by atoms with Gasteiger partial charge in [-0.05, 0) is 35.9 Å². The average Bonchev–Trinajstić information content (AvgIpc) is 2.79. The first-order valence-corrected chi connectivity index (χ1v) is 10.2. The van der Waals surface area contributed by atoms with Crippen molar-refractivity contribution < 1.29 is 18.0 Å².